The first-order valence-electron chi connectivity index (χ1n) is 14.7. The number of hydrogen-bond acceptors (Lipinski definition) is 3. The monoisotopic (exact) mass is 548 g/mol. The van der Waals surface area contributed by atoms with Crippen molar-refractivity contribution in [3.05, 3.63) is 107 Å². The summed E-state index contributed by atoms with van der Waals surface area (Å²) >= 11 is 0. The lowest BCUT2D eigenvalue weighted by Crippen LogP contribution is -2.57. The first-order valence-corrected chi connectivity index (χ1v) is 14.7. The third kappa shape index (κ3) is 5.12. The quantitative estimate of drug-likeness (QED) is 0.242. The Morgan fingerprint density at radius 2 is 1.71 bits per heavy atom. The van der Waals surface area contributed by atoms with E-state index in [0.717, 1.165) is 59.0 Å². The number of carbonyl (C=O) groups excluding carboxylic acids is 3. The Morgan fingerprint density at radius 3 is 2.54 bits per heavy atom. The van der Waals surface area contributed by atoms with Crippen LogP contribution in [0.3, 0.4) is 0 Å². The van der Waals surface area contributed by atoms with E-state index in [4.69, 9.17) is 0 Å². The number of amides is 3. The van der Waals surface area contributed by atoms with E-state index in [9.17, 15) is 14.4 Å². The van der Waals surface area contributed by atoms with Crippen LogP contribution in [0.2, 0.25) is 0 Å². The molecule has 0 bridgehead atoms. The van der Waals surface area contributed by atoms with Gasteiger partial charge in [-0.1, -0.05) is 92.9 Å². The molecule has 3 aromatic carbocycles. The molecule has 3 amide bonds. The van der Waals surface area contributed by atoms with Crippen LogP contribution in [0.15, 0.2) is 78.9 Å². The lowest BCUT2D eigenvalue weighted by atomic mass is 9.89. The van der Waals surface area contributed by atoms with Crippen LogP contribution in [0.4, 0.5) is 0 Å². The zero-order chi connectivity index (χ0) is 28.3. The van der Waals surface area contributed by atoms with Gasteiger partial charge in [0.2, 0.25) is 11.8 Å². The molecular weight excluding hydrogens is 512 g/mol. The molecule has 7 nitrogen and oxygen atoms in total. The number of aromatic nitrogens is 1. The van der Waals surface area contributed by atoms with E-state index in [2.05, 4.69) is 28.6 Å². The molecule has 41 heavy (non-hydrogen) atoms. The summed E-state index contributed by atoms with van der Waals surface area (Å²) in [6, 6.07) is 23.5. The summed E-state index contributed by atoms with van der Waals surface area (Å²) in [5.41, 5.74) is 5.47. The minimum absolute atomic E-state index is 0.157. The zero-order valence-electron chi connectivity index (χ0n) is 23.4. The highest BCUT2D eigenvalue weighted by molar-refractivity contribution is 6.04. The van der Waals surface area contributed by atoms with Crippen LogP contribution in [0, 0.1) is 0 Å². The number of nitrogens with one attached hydrogen (secondary N) is 3. The smallest absolute Gasteiger partial charge is 0.255 e. The Hall–Kier alpha value is -4.39. The summed E-state index contributed by atoms with van der Waals surface area (Å²) in [6.45, 7) is 2.73. The van der Waals surface area contributed by atoms with E-state index in [1.807, 2.05) is 72.8 Å². The standard InChI is InChI=1S/C34H36N4O3/c1-2-3-4-12-19-35-32(39)28(20-22-13-6-5-7-14-22)37-33(40)29-21-26-23-15-10-11-18-27(23)36-30(26)31-24-16-8-9-17-25(24)34(41)38(29)31/h5-11,13-18,28-29,31,36H,2-4,12,19-21H2,1H3,(H,35,39)(H,37,40). The molecular formula is C34H36N4O3. The van der Waals surface area contributed by atoms with Crippen molar-refractivity contribution >= 4 is 28.6 Å². The maximum Gasteiger partial charge on any atom is 0.255 e. The van der Waals surface area contributed by atoms with Crippen LogP contribution in [0.5, 0.6) is 0 Å². The summed E-state index contributed by atoms with van der Waals surface area (Å²) in [4.78, 5) is 46.5. The molecule has 6 rings (SSSR count). The second-order valence-electron chi connectivity index (χ2n) is 11.1. The molecule has 0 aliphatic carbocycles. The number of hydrogen-bond donors (Lipinski definition) is 3. The first-order chi connectivity index (χ1) is 20.1. The molecule has 210 valence electrons. The van der Waals surface area contributed by atoms with Gasteiger partial charge in [-0.05, 0) is 35.2 Å². The van der Waals surface area contributed by atoms with Crippen molar-refractivity contribution in [2.24, 2.45) is 0 Å². The van der Waals surface area contributed by atoms with Gasteiger partial charge in [0, 0.05) is 41.5 Å². The van der Waals surface area contributed by atoms with Gasteiger partial charge in [0.1, 0.15) is 12.1 Å². The minimum Gasteiger partial charge on any atom is -0.356 e. The Bertz CT molecular complexity index is 1580. The topological polar surface area (TPSA) is 94.3 Å². The summed E-state index contributed by atoms with van der Waals surface area (Å²) in [5.74, 6) is -0.668. The molecule has 3 N–H and O–H groups in total. The van der Waals surface area contributed by atoms with Crippen molar-refractivity contribution in [1.29, 1.82) is 0 Å². The van der Waals surface area contributed by atoms with Crippen LogP contribution in [-0.4, -0.2) is 46.2 Å². The fraction of sp³-hybridized carbons (Fsp3) is 0.324. The van der Waals surface area contributed by atoms with E-state index in [1.165, 1.54) is 0 Å². The van der Waals surface area contributed by atoms with E-state index in [-0.39, 0.29) is 23.8 Å². The Kier molecular flexibility index (Phi) is 7.59. The van der Waals surface area contributed by atoms with Gasteiger partial charge in [0.15, 0.2) is 0 Å². The molecule has 0 saturated carbocycles. The van der Waals surface area contributed by atoms with E-state index < -0.39 is 12.1 Å². The number of para-hydroxylation sites is 1. The molecule has 1 aromatic heterocycles. The van der Waals surface area contributed by atoms with Crippen LogP contribution in [-0.2, 0) is 22.4 Å². The molecule has 0 radical (unpaired) electrons. The summed E-state index contributed by atoms with van der Waals surface area (Å²) in [7, 11) is 0. The average Bonchev–Trinajstić information content (AvgIpc) is 3.52. The van der Waals surface area contributed by atoms with E-state index in [0.29, 0.717) is 24.9 Å². The predicted octanol–water partition coefficient (Wildman–Crippen LogP) is 5.06. The van der Waals surface area contributed by atoms with E-state index in [1.54, 1.807) is 4.90 Å². The fourth-order valence-electron chi connectivity index (χ4n) is 6.35. The van der Waals surface area contributed by atoms with Crippen molar-refractivity contribution in [3.8, 4) is 0 Å². The molecule has 2 aliphatic heterocycles. The molecule has 0 spiro atoms. The minimum atomic E-state index is -0.751. The van der Waals surface area contributed by atoms with Crippen LogP contribution in [0.25, 0.3) is 10.9 Å². The van der Waals surface area contributed by atoms with Crippen molar-refractivity contribution in [2.45, 2.75) is 63.6 Å². The van der Waals surface area contributed by atoms with Crippen molar-refractivity contribution in [3.63, 3.8) is 0 Å². The number of rotatable bonds is 10. The Labute approximate surface area is 240 Å². The Morgan fingerprint density at radius 1 is 0.951 bits per heavy atom. The van der Waals surface area contributed by atoms with E-state index >= 15 is 0 Å². The van der Waals surface area contributed by atoms with Gasteiger partial charge in [0.05, 0.1) is 6.04 Å². The SMILES string of the molecule is CCCCCCNC(=O)C(Cc1ccccc1)NC(=O)C1Cc2c([nH]c3ccccc23)C2c3ccccc3C(=O)N12. The molecule has 0 fully saturated rings. The third-order valence-electron chi connectivity index (χ3n) is 8.40. The fourth-order valence-corrected chi connectivity index (χ4v) is 6.35. The summed E-state index contributed by atoms with van der Waals surface area (Å²) < 4.78 is 0. The van der Waals surface area contributed by atoms with Gasteiger partial charge in [-0.15, -0.1) is 0 Å². The molecule has 3 heterocycles. The van der Waals surface area contributed by atoms with Crippen molar-refractivity contribution < 1.29 is 14.4 Å². The molecule has 3 atom stereocenters. The number of unbranched alkanes of at least 4 members (excludes halogenated alkanes) is 3. The number of benzene rings is 3. The Balaban J connectivity index is 1.30. The molecule has 2 aliphatic rings. The van der Waals surface area contributed by atoms with Crippen LogP contribution in [0.1, 0.15) is 71.4 Å². The van der Waals surface area contributed by atoms with Crippen molar-refractivity contribution in [1.82, 2.24) is 20.5 Å². The van der Waals surface area contributed by atoms with Crippen molar-refractivity contribution in [2.75, 3.05) is 6.54 Å². The summed E-state index contributed by atoms with van der Waals surface area (Å²) in [6.07, 6.45) is 4.96. The number of fused-ring (bicyclic) bond motifs is 7. The first kappa shape index (κ1) is 26.8. The molecule has 3 unspecified atom stereocenters. The highest BCUT2D eigenvalue weighted by Crippen LogP contribution is 2.46. The third-order valence-corrected chi connectivity index (χ3v) is 8.40. The number of nitrogens with zero attached hydrogens (tertiary/aromatic N) is 1. The maximum absolute atomic E-state index is 14.1. The lowest BCUT2D eigenvalue weighted by Gasteiger charge is -2.37. The number of carbonyl (C=O) groups is 3. The predicted molar refractivity (Wildman–Crippen MR) is 159 cm³/mol. The largest absolute Gasteiger partial charge is 0.356 e. The number of aromatic amines is 1. The van der Waals surface area contributed by atoms with Gasteiger partial charge in [0.25, 0.3) is 5.91 Å². The van der Waals surface area contributed by atoms with Crippen LogP contribution < -0.4 is 10.6 Å². The van der Waals surface area contributed by atoms with Gasteiger partial charge in [-0.2, -0.15) is 0 Å². The maximum atomic E-state index is 14.1. The molecule has 0 saturated heterocycles. The zero-order valence-corrected chi connectivity index (χ0v) is 23.4. The normalized spacial score (nSPS) is 18.0. The highest BCUT2D eigenvalue weighted by atomic mass is 16.2. The highest BCUT2D eigenvalue weighted by Gasteiger charge is 2.49. The van der Waals surface area contributed by atoms with Gasteiger partial charge in [-0.3, -0.25) is 14.4 Å². The summed E-state index contributed by atoms with van der Waals surface area (Å²) in [5, 5.41) is 7.16. The second kappa shape index (κ2) is 11.6. The second-order valence-corrected chi connectivity index (χ2v) is 11.1. The molecule has 7 heteroatoms. The van der Waals surface area contributed by atoms with Gasteiger partial charge >= 0.3 is 0 Å². The van der Waals surface area contributed by atoms with Crippen LogP contribution >= 0.6 is 0 Å². The van der Waals surface area contributed by atoms with Gasteiger partial charge < -0.3 is 20.5 Å². The number of H-pyrrole nitrogens is 1. The lowest BCUT2D eigenvalue weighted by molar-refractivity contribution is -0.132. The van der Waals surface area contributed by atoms with Gasteiger partial charge in [-0.25, -0.2) is 0 Å². The average molecular weight is 549 g/mol. The molecule has 4 aromatic rings.